The number of aromatic nitrogens is 1. The molecule has 6 nitrogen and oxygen atoms in total. The number of benzene rings is 1. The number of aliphatic imine (C=N–C) groups is 1. The summed E-state index contributed by atoms with van der Waals surface area (Å²) in [7, 11) is -3.93. The largest absolute Gasteiger partial charge is 0.312 e. The number of nitrogens with one attached hydrogen (secondary N) is 1. The van der Waals surface area contributed by atoms with Crippen LogP contribution in [0.5, 0.6) is 0 Å². The molecule has 3 aromatic rings. The molecule has 0 unspecified atom stereocenters. The lowest BCUT2D eigenvalue weighted by atomic mass is 10.1. The molecule has 7 heteroatoms. The van der Waals surface area contributed by atoms with E-state index in [1.54, 1.807) is 78.4 Å². The first-order chi connectivity index (χ1) is 13.9. The third kappa shape index (κ3) is 4.05. The molecule has 0 aliphatic rings. The Morgan fingerprint density at radius 2 is 1.90 bits per heavy atom. The summed E-state index contributed by atoms with van der Waals surface area (Å²) in [4.78, 5) is 16.6. The van der Waals surface area contributed by atoms with Crippen LogP contribution in [-0.4, -0.2) is 24.8 Å². The Balaban J connectivity index is 2.32. The number of sulfonamides is 1. The number of nitrogens with zero attached hydrogens (tertiary/aromatic N) is 2. The highest BCUT2D eigenvalue weighted by Gasteiger charge is 2.24. The molecule has 0 fully saturated rings. The van der Waals surface area contributed by atoms with Crippen LogP contribution in [0.1, 0.15) is 29.9 Å². The molecule has 0 saturated heterocycles. The number of para-hydroxylation sites is 1. The number of hydrogen-bond donors (Lipinski definition) is 1. The summed E-state index contributed by atoms with van der Waals surface area (Å²) in [5.74, 6) is -0.185. The average Bonchev–Trinajstić information content (AvgIpc) is 3.08. The van der Waals surface area contributed by atoms with E-state index in [-0.39, 0.29) is 10.7 Å². The standard InChI is InChI=1S/C22H21N3O3S/c1-4-10-19(23-5-2)18-15-20(16(3)26)25-14-9-13-21(22(18)25)29(27,28)24-17-11-7-6-8-12-17/h4-15,24H,1H2,2-3H3/b19-10-,23-5?. The summed E-state index contributed by atoms with van der Waals surface area (Å²) in [6, 6.07) is 13.4. The molecule has 0 amide bonds. The van der Waals surface area contributed by atoms with Gasteiger partial charge in [0.15, 0.2) is 5.78 Å². The zero-order chi connectivity index (χ0) is 21.0. The summed E-state index contributed by atoms with van der Waals surface area (Å²) < 4.78 is 30.6. The SMILES string of the molecule is C=C/C=C(\N=CC)c1cc(C(C)=O)n2cccc(S(=O)(=O)Nc3ccccc3)c12. The van der Waals surface area contributed by atoms with E-state index < -0.39 is 10.0 Å². The Bertz CT molecular complexity index is 1240. The van der Waals surface area contributed by atoms with Crippen LogP contribution in [0.25, 0.3) is 11.2 Å². The number of ketones is 1. The Kier molecular flexibility index (Phi) is 5.79. The number of Topliss-reactive ketones (excluding diaryl/α,β-unsaturated/α-hetero) is 1. The quantitative estimate of drug-likeness (QED) is 0.354. The first kappa shape index (κ1) is 20.3. The second-order valence-electron chi connectivity index (χ2n) is 6.24. The smallest absolute Gasteiger partial charge is 0.264 e. The Morgan fingerprint density at radius 3 is 2.52 bits per heavy atom. The van der Waals surface area contributed by atoms with Gasteiger partial charge in [-0.1, -0.05) is 30.9 Å². The predicted molar refractivity (Wildman–Crippen MR) is 117 cm³/mol. The highest BCUT2D eigenvalue weighted by molar-refractivity contribution is 7.93. The lowest BCUT2D eigenvalue weighted by molar-refractivity contribution is 0.101. The molecule has 29 heavy (non-hydrogen) atoms. The van der Waals surface area contributed by atoms with Gasteiger partial charge in [0.25, 0.3) is 10.0 Å². The molecule has 0 aliphatic carbocycles. The van der Waals surface area contributed by atoms with Crippen molar-refractivity contribution in [3.05, 3.63) is 84.7 Å². The van der Waals surface area contributed by atoms with Gasteiger partial charge in [-0.3, -0.25) is 14.5 Å². The van der Waals surface area contributed by atoms with Crippen LogP contribution < -0.4 is 4.72 Å². The topological polar surface area (TPSA) is 80.0 Å². The highest BCUT2D eigenvalue weighted by atomic mass is 32.2. The predicted octanol–water partition coefficient (Wildman–Crippen LogP) is 4.56. The number of fused-ring (bicyclic) bond motifs is 1. The second kappa shape index (κ2) is 8.28. The first-order valence-corrected chi connectivity index (χ1v) is 10.4. The van der Waals surface area contributed by atoms with Crippen molar-refractivity contribution in [3.8, 4) is 0 Å². The number of pyridine rings is 1. The van der Waals surface area contributed by atoms with Gasteiger partial charge >= 0.3 is 0 Å². The number of hydrogen-bond acceptors (Lipinski definition) is 4. The first-order valence-electron chi connectivity index (χ1n) is 8.93. The van der Waals surface area contributed by atoms with E-state index in [1.165, 1.54) is 13.0 Å². The Hall–Kier alpha value is -3.45. The fraction of sp³-hybridized carbons (Fsp3) is 0.0909. The molecule has 0 saturated carbocycles. The third-order valence-corrected chi connectivity index (χ3v) is 5.66. The van der Waals surface area contributed by atoms with Crippen molar-refractivity contribution in [2.24, 2.45) is 4.99 Å². The maximum Gasteiger partial charge on any atom is 0.264 e. The van der Waals surface area contributed by atoms with Crippen LogP contribution in [0.3, 0.4) is 0 Å². The molecule has 2 aromatic heterocycles. The number of anilines is 1. The van der Waals surface area contributed by atoms with Gasteiger partial charge in [0.05, 0.1) is 16.9 Å². The van der Waals surface area contributed by atoms with Gasteiger partial charge in [-0.25, -0.2) is 8.42 Å². The minimum Gasteiger partial charge on any atom is -0.312 e. The summed E-state index contributed by atoms with van der Waals surface area (Å²) in [6.07, 6.45) is 6.51. The maximum atomic E-state index is 13.2. The zero-order valence-corrected chi connectivity index (χ0v) is 17.0. The molecule has 0 atom stereocenters. The summed E-state index contributed by atoms with van der Waals surface area (Å²) >= 11 is 0. The molecule has 1 N–H and O–H groups in total. The molecule has 3 rings (SSSR count). The molecule has 0 spiro atoms. The van der Waals surface area contributed by atoms with Crippen molar-refractivity contribution in [2.45, 2.75) is 18.7 Å². The van der Waals surface area contributed by atoms with E-state index in [0.717, 1.165) is 0 Å². The summed E-state index contributed by atoms with van der Waals surface area (Å²) in [6.45, 7) is 6.90. The van der Waals surface area contributed by atoms with E-state index in [9.17, 15) is 13.2 Å². The molecule has 1 aromatic carbocycles. The van der Waals surface area contributed by atoms with Gasteiger partial charge in [-0.15, -0.1) is 0 Å². The molecule has 148 valence electrons. The Labute approximate surface area is 170 Å². The van der Waals surface area contributed by atoms with Crippen molar-refractivity contribution in [2.75, 3.05) is 4.72 Å². The molecule has 2 heterocycles. The zero-order valence-electron chi connectivity index (χ0n) is 16.2. The van der Waals surface area contributed by atoms with Gasteiger partial charge in [-0.2, -0.15) is 0 Å². The lowest BCUT2D eigenvalue weighted by Crippen LogP contribution is -2.14. The van der Waals surface area contributed by atoms with Crippen LogP contribution in [0.15, 0.2) is 83.3 Å². The van der Waals surface area contributed by atoms with Crippen LogP contribution in [-0.2, 0) is 10.0 Å². The molecule has 0 radical (unpaired) electrons. The van der Waals surface area contributed by atoms with Crippen molar-refractivity contribution in [1.29, 1.82) is 0 Å². The normalized spacial score (nSPS) is 12.4. The molecule has 0 aliphatic heterocycles. The van der Waals surface area contributed by atoms with Gasteiger partial charge in [0.1, 0.15) is 4.90 Å². The van der Waals surface area contributed by atoms with Gasteiger partial charge < -0.3 is 4.40 Å². The van der Waals surface area contributed by atoms with Gasteiger partial charge in [-0.05, 0) is 43.3 Å². The minimum absolute atomic E-state index is 0.0487. The van der Waals surface area contributed by atoms with E-state index in [2.05, 4.69) is 16.3 Å². The second-order valence-corrected chi connectivity index (χ2v) is 7.89. The van der Waals surface area contributed by atoms with Crippen LogP contribution in [0.4, 0.5) is 5.69 Å². The average molecular weight is 407 g/mol. The maximum absolute atomic E-state index is 13.2. The van der Waals surface area contributed by atoms with E-state index in [1.807, 2.05) is 0 Å². The van der Waals surface area contributed by atoms with E-state index >= 15 is 0 Å². The van der Waals surface area contributed by atoms with Crippen LogP contribution in [0.2, 0.25) is 0 Å². The third-order valence-electron chi connectivity index (χ3n) is 4.25. The van der Waals surface area contributed by atoms with Gasteiger partial charge in [0.2, 0.25) is 0 Å². The monoisotopic (exact) mass is 407 g/mol. The van der Waals surface area contributed by atoms with Crippen molar-refractivity contribution in [3.63, 3.8) is 0 Å². The number of rotatable bonds is 7. The molecular weight excluding hydrogens is 386 g/mol. The summed E-state index contributed by atoms with van der Waals surface area (Å²) in [5, 5.41) is 0. The minimum atomic E-state index is -3.93. The van der Waals surface area contributed by atoms with Crippen LogP contribution >= 0.6 is 0 Å². The molecule has 0 bridgehead atoms. The number of carbonyl (C=O) groups excluding carboxylic acids is 1. The fourth-order valence-corrected chi connectivity index (χ4v) is 4.36. The van der Waals surface area contributed by atoms with Crippen molar-refractivity contribution >= 4 is 38.9 Å². The highest BCUT2D eigenvalue weighted by Crippen LogP contribution is 2.31. The lowest BCUT2D eigenvalue weighted by Gasteiger charge is -2.11. The van der Waals surface area contributed by atoms with Gasteiger partial charge in [0, 0.05) is 30.6 Å². The van der Waals surface area contributed by atoms with Crippen molar-refractivity contribution in [1.82, 2.24) is 4.40 Å². The number of carbonyl (C=O) groups is 1. The van der Waals surface area contributed by atoms with Crippen molar-refractivity contribution < 1.29 is 13.2 Å². The van der Waals surface area contributed by atoms with E-state index in [0.29, 0.717) is 28.2 Å². The van der Waals surface area contributed by atoms with E-state index in [4.69, 9.17) is 0 Å². The molecular formula is C22H21N3O3S. The Morgan fingerprint density at radius 1 is 1.17 bits per heavy atom. The fourth-order valence-electron chi connectivity index (χ4n) is 3.08. The van der Waals surface area contributed by atoms with Crippen LogP contribution in [0, 0.1) is 0 Å². The number of allylic oxidation sites excluding steroid dienone is 2. The summed E-state index contributed by atoms with van der Waals surface area (Å²) in [5.41, 5.74) is 2.23.